The van der Waals surface area contributed by atoms with Gasteiger partial charge in [-0.3, -0.25) is 0 Å². The van der Waals surface area contributed by atoms with E-state index in [4.69, 9.17) is 10.5 Å². The Labute approximate surface area is 86.6 Å². The van der Waals surface area contributed by atoms with Crippen LogP contribution in [0.25, 0.3) is 0 Å². The normalized spacial score (nSPS) is 35.6. The van der Waals surface area contributed by atoms with Crippen molar-refractivity contribution in [1.29, 1.82) is 0 Å². The molecule has 3 atom stereocenters. The van der Waals surface area contributed by atoms with Crippen LogP contribution in [0.5, 0.6) is 0 Å². The third kappa shape index (κ3) is 3.95. The highest BCUT2D eigenvalue weighted by molar-refractivity contribution is 4.75. The summed E-state index contributed by atoms with van der Waals surface area (Å²) in [5, 5.41) is 9.27. The van der Waals surface area contributed by atoms with Crippen LogP contribution in [0, 0.1) is 11.8 Å². The van der Waals surface area contributed by atoms with Gasteiger partial charge in [-0.2, -0.15) is 0 Å². The molecule has 0 heterocycles. The molecule has 0 aromatic rings. The number of hydrogen-bond acceptors (Lipinski definition) is 3. The summed E-state index contributed by atoms with van der Waals surface area (Å²) in [6.45, 7) is 5.22. The Balaban J connectivity index is 2.23. The first-order valence-corrected chi connectivity index (χ1v) is 5.61. The molecular formula is C11H23NO2. The third-order valence-corrected chi connectivity index (χ3v) is 2.93. The summed E-state index contributed by atoms with van der Waals surface area (Å²) in [6, 6.07) is 0. The van der Waals surface area contributed by atoms with Crippen molar-refractivity contribution >= 4 is 0 Å². The van der Waals surface area contributed by atoms with E-state index >= 15 is 0 Å². The number of aliphatic hydroxyl groups is 1. The molecule has 1 rings (SSSR count). The second-order valence-corrected chi connectivity index (χ2v) is 4.76. The van der Waals surface area contributed by atoms with Gasteiger partial charge in [0.05, 0.1) is 18.8 Å². The highest BCUT2D eigenvalue weighted by Gasteiger charge is 2.24. The van der Waals surface area contributed by atoms with Crippen molar-refractivity contribution < 1.29 is 9.84 Å². The average Bonchev–Trinajstić information content (AvgIpc) is 2.12. The van der Waals surface area contributed by atoms with Crippen molar-refractivity contribution in [2.45, 2.75) is 45.3 Å². The largest absolute Gasteiger partial charge is 0.389 e. The van der Waals surface area contributed by atoms with E-state index in [1.54, 1.807) is 0 Å². The van der Waals surface area contributed by atoms with Crippen LogP contribution in [0.2, 0.25) is 0 Å². The highest BCUT2D eigenvalue weighted by Crippen LogP contribution is 2.30. The molecule has 0 aliphatic heterocycles. The SMILES string of the molecule is CC1CC(C)CC(OCC(O)CN)C1. The molecule has 1 aliphatic rings. The Morgan fingerprint density at radius 2 is 1.86 bits per heavy atom. The number of nitrogens with two attached hydrogens (primary N) is 1. The van der Waals surface area contributed by atoms with Gasteiger partial charge in [0, 0.05) is 6.54 Å². The molecule has 14 heavy (non-hydrogen) atoms. The molecule has 3 nitrogen and oxygen atoms in total. The Kier molecular flexibility index (Phi) is 4.85. The predicted octanol–water partition coefficient (Wildman–Crippen LogP) is 1.15. The van der Waals surface area contributed by atoms with Gasteiger partial charge in [0.25, 0.3) is 0 Å². The van der Waals surface area contributed by atoms with Crippen molar-refractivity contribution in [3.05, 3.63) is 0 Å². The molecule has 0 aromatic carbocycles. The van der Waals surface area contributed by atoms with E-state index in [1.807, 2.05) is 0 Å². The van der Waals surface area contributed by atoms with Crippen LogP contribution in [-0.2, 0) is 4.74 Å². The van der Waals surface area contributed by atoms with Crippen molar-refractivity contribution in [2.24, 2.45) is 17.6 Å². The van der Waals surface area contributed by atoms with Crippen LogP contribution >= 0.6 is 0 Å². The quantitative estimate of drug-likeness (QED) is 0.717. The molecular weight excluding hydrogens is 178 g/mol. The average molecular weight is 201 g/mol. The van der Waals surface area contributed by atoms with E-state index in [2.05, 4.69) is 13.8 Å². The molecule has 0 amide bonds. The molecule has 3 unspecified atom stereocenters. The summed E-state index contributed by atoms with van der Waals surface area (Å²) in [5.41, 5.74) is 5.31. The lowest BCUT2D eigenvalue weighted by atomic mass is 9.82. The van der Waals surface area contributed by atoms with Crippen LogP contribution in [-0.4, -0.2) is 30.5 Å². The van der Waals surface area contributed by atoms with Crippen molar-refractivity contribution in [3.8, 4) is 0 Å². The monoisotopic (exact) mass is 201 g/mol. The van der Waals surface area contributed by atoms with E-state index in [9.17, 15) is 5.11 Å². The maximum atomic E-state index is 9.27. The van der Waals surface area contributed by atoms with Gasteiger partial charge in [-0.25, -0.2) is 0 Å². The first-order valence-electron chi connectivity index (χ1n) is 5.61. The summed E-state index contributed by atoms with van der Waals surface area (Å²) < 4.78 is 5.65. The fourth-order valence-electron chi connectivity index (χ4n) is 2.32. The summed E-state index contributed by atoms with van der Waals surface area (Å²) in [5.74, 6) is 1.50. The van der Waals surface area contributed by atoms with E-state index in [0.29, 0.717) is 12.7 Å². The fourth-order valence-corrected chi connectivity index (χ4v) is 2.32. The molecule has 1 fully saturated rings. The minimum atomic E-state index is -0.498. The maximum Gasteiger partial charge on any atom is 0.0895 e. The molecule has 3 heteroatoms. The van der Waals surface area contributed by atoms with E-state index < -0.39 is 6.10 Å². The molecule has 0 saturated heterocycles. The molecule has 84 valence electrons. The van der Waals surface area contributed by atoms with Gasteiger partial charge in [-0.1, -0.05) is 13.8 Å². The zero-order valence-corrected chi connectivity index (χ0v) is 9.28. The van der Waals surface area contributed by atoms with Gasteiger partial charge in [0.1, 0.15) is 0 Å². The topological polar surface area (TPSA) is 55.5 Å². The zero-order valence-electron chi connectivity index (χ0n) is 9.28. The second-order valence-electron chi connectivity index (χ2n) is 4.76. The minimum Gasteiger partial charge on any atom is -0.389 e. The lowest BCUT2D eigenvalue weighted by molar-refractivity contribution is -0.0378. The Hall–Kier alpha value is -0.120. The summed E-state index contributed by atoms with van der Waals surface area (Å²) >= 11 is 0. The van der Waals surface area contributed by atoms with Crippen molar-refractivity contribution in [1.82, 2.24) is 0 Å². The van der Waals surface area contributed by atoms with Crippen LogP contribution in [0.3, 0.4) is 0 Å². The molecule has 0 bridgehead atoms. The van der Waals surface area contributed by atoms with Gasteiger partial charge in [0.15, 0.2) is 0 Å². The molecule has 0 spiro atoms. The fraction of sp³-hybridized carbons (Fsp3) is 1.00. The number of rotatable bonds is 4. The predicted molar refractivity (Wildman–Crippen MR) is 57.0 cm³/mol. The van der Waals surface area contributed by atoms with Gasteiger partial charge in [0.2, 0.25) is 0 Å². The van der Waals surface area contributed by atoms with Crippen LogP contribution in [0.4, 0.5) is 0 Å². The highest BCUT2D eigenvalue weighted by atomic mass is 16.5. The lowest BCUT2D eigenvalue weighted by Crippen LogP contribution is -2.32. The number of hydrogen-bond donors (Lipinski definition) is 2. The smallest absolute Gasteiger partial charge is 0.0895 e. The Morgan fingerprint density at radius 3 is 2.36 bits per heavy atom. The summed E-state index contributed by atoms with van der Waals surface area (Å²) in [7, 11) is 0. The minimum absolute atomic E-state index is 0.290. The van der Waals surface area contributed by atoms with E-state index in [-0.39, 0.29) is 6.54 Å². The Morgan fingerprint density at radius 1 is 1.29 bits per heavy atom. The van der Waals surface area contributed by atoms with E-state index in [0.717, 1.165) is 24.7 Å². The zero-order chi connectivity index (χ0) is 10.6. The van der Waals surface area contributed by atoms with Gasteiger partial charge in [-0.05, 0) is 31.1 Å². The summed E-state index contributed by atoms with van der Waals surface area (Å²) in [6.07, 6.45) is 3.39. The molecule has 0 radical (unpaired) electrons. The van der Waals surface area contributed by atoms with Gasteiger partial charge >= 0.3 is 0 Å². The van der Waals surface area contributed by atoms with E-state index in [1.165, 1.54) is 6.42 Å². The number of aliphatic hydroxyl groups excluding tert-OH is 1. The second kappa shape index (κ2) is 5.69. The maximum absolute atomic E-state index is 9.27. The Bertz CT molecular complexity index is 153. The first-order chi connectivity index (χ1) is 6.61. The van der Waals surface area contributed by atoms with Crippen LogP contribution in [0.1, 0.15) is 33.1 Å². The third-order valence-electron chi connectivity index (χ3n) is 2.93. The van der Waals surface area contributed by atoms with Crippen molar-refractivity contribution in [2.75, 3.05) is 13.2 Å². The van der Waals surface area contributed by atoms with Gasteiger partial charge < -0.3 is 15.6 Å². The molecule has 0 aromatic heterocycles. The molecule has 1 saturated carbocycles. The van der Waals surface area contributed by atoms with Gasteiger partial charge in [-0.15, -0.1) is 0 Å². The van der Waals surface area contributed by atoms with Crippen LogP contribution in [0.15, 0.2) is 0 Å². The standard InChI is InChI=1S/C11H23NO2/c1-8-3-9(2)5-11(4-8)14-7-10(13)6-12/h8-11,13H,3-7,12H2,1-2H3. The lowest BCUT2D eigenvalue weighted by Gasteiger charge is -2.31. The molecule has 1 aliphatic carbocycles. The van der Waals surface area contributed by atoms with Crippen molar-refractivity contribution in [3.63, 3.8) is 0 Å². The summed E-state index contributed by atoms with van der Waals surface area (Å²) in [4.78, 5) is 0. The number of ether oxygens (including phenoxy) is 1. The van der Waals surface area contributed by atoms with Crippen LogP contribution < -0.4 is 5.73 Å². The first kappa shape index (κ1) is 12.0. The molecule has 3 N–H and O–H groups in total.